The van der Waals surface area contributed by atoms with E-state index >= 15 is 0 Å². The van der Waals surface area contributed by atoms with E-state index in [4.69, 9.17) is 35.4 Å². The Labute approximate surface area is 141 Å². The maximum absolute atomic E-state index is 13.7. The molecule has 2 aromatic carbocycles. The molecule has 0 amide bonds. The van der Waals surface area contributed by atoms with E-state index in [1.807, 2.05) is 0 Å². The number of nitrogens with zero attached hydrogens (tertiary/aromatic N) is 1. The van der Waals surface area contributed by atoms with Gasteiger partial charge in [0.2, 0.25) is 0 Å². The number of hydrogen-bond acceptors (Lipinski definition) is 1. The zero-order chi connectivity index (χ0) is 15.3. The van der Waals surface area contributed by atoms with Gasteiger partial charge in [0, 0.05) is 10.5 Å². The van der Waals surface area contributed by atoms with Crippen molar-refractivity contribution in [3.63, 3.8) is 0 Å². The first-order valence-electron chi connectivity index (χ1n) is 5.63. The molecule has 0 aliphatic carbocycles. The van der Waals surface area contributed by atoms with Gasteiger partial charge in [-0.05, 0) is 46.3 Å². The lowest BCUT2D eigenvalue weighted by Crippen LogP contribution is -1.98. The second kappa shape index (κ2) is 5.35. The van der Waals surface area contributed by atoms with Gasteiger partial charge in [0.05, 0.1) is 26.8 Å². The Hall–Kier alpha value is -0.950. The van der Waals surface area contributed by atoms with Crippen molar-refractivity contribution in [1.82, 2.24) is 9.55 Å². The number of rotatable bonds is 1. The first-order valence-corrected chi connectivity index (χ1v) is 7.59. The molecule has 0 bridgehead atoms. The topological polar surface area (TPSA) is 20.7 Å². The van der Waals surface area contributed by atoms with Crippen LogP contribution in [-0.2, 0) is 0 Å². The number of H-pyrrole nitrogens is 1. The highest BCUT2D eigenvalue weighted by Gasteiger charge is 2.16. The maximum Gasteiger partial charge on any atom is 0.182 e. The molecule has 0 fully saturated rings. The molecule has 0 atom stereocenters. The highest BCUT2D eigenvalue weighted by Crippen LogP contribution is 2.34. The van der Waals surface area contributed by atoms with Gasteiger partial charge in [0.25, 0.3) is 0 Å². The summed E-state index contributed by atoms with van der Waals surface area (Å²) in [6.45, 7) is 0. The van der Waals surface area contributed by atoms with Crippen LogP contribution in [0.15, 0.2) is 28.7 Å². The van der Waals surface area contributed by atoms with Gasteiger partial charge in [-0.3, -0.25) is 4.57 Å². The van der Waals surface area contributed by atoms with Crippen molar-refractivity contribution in [1.29, 1.82) is 0 Å². The first kappa shape index (κ1) is 15.0. The Balaban J connectivity index is 2.44. The monoisotopic (exact) mass is 408 g/mol. The van der Waals surface area contributed by atoms with Gasteiger partial charge < -0.3 is 4.98 Å². The Morgan fingerprint density at radius 3 is 2.48 bits per heavy atom. The van der Waals surface area contributed by atoms with Gasteiger partial charge >= 0.3 is 0 Å². The smallest absolute Gasteiger partial charge is 0.182 e. The molecule has 0 spiro atoms. The number of imidazole rings is 1. The van der Waals surface area contributed by atoms with Crippen molar-refractivity contribution in [2.24, 2.45) is 0 Å². The van der Waals surface area contributed by atoms with Gasteiger partial charge in [-0.15, -0.1) is 0 Å². The predicted octanol–water partition coefficient (Wildman–Crippen LogP) is 6.04. The lowest BCUT2D eigenvalue weighted by Gasteiger charge is -2.10. The van der Waals surface area contributed by atoms with Crippen LogP contribution in [0.2, 0.25) is 10.0 Å². The number of fused-ring (bicyclic) bond motifs is 1. The number of aromatic nitrogens is 2. The van der Waals surface area contributed by atoms with Crippen molar-refractivity contribution in [3.8, 4) is 5.69 Å². The van der Waals surface area contributed by atoms with Gasteiger partial charge in [-0.1, -0.05) is 23.2 Å². The average molecular weight is 410 g/mol. The quantitative estimate of drug-likeness (QED) is 0.486. The Morgan fingerprint density at radius 1 is 1.10 bits per heavy atom. The van der Waals surface area contributed by atoms with E-state index in [0.717, 1.165) is 6.07 Å². The van der Waals surface area contributed by atoms with Crippen molar-refractivity contribution in [2.45, 2.75) is 0 Å². The van der Waals surface area contributed by atoms with Crippen molar-refractivity contribution in [3.05, 3.63) is 55.2 Å². The molecular formula is C13H5BrCl2F2N2S. The van der Waals surface area contributed by atoms with Crippen LogP contribution >= 0.6 is 51.3 Å². The zero-order valence-corrected chi connectivity index (χ0v) is 14.0. The summed E-state index contributed by atoms with van der Waals surface area (Å²) in [6.07, 6.45) is 0. The van der Waals surface area contributed by atoms with Crippen LogP contribution in [0.4, 0.5) is 8.78 Å². The summed E-state index contributed by atoms with van der Waals surface area (Å²) in [5, 5.41) is 0.129. The summed E-state index contributed by atoms with van der Waals surface area (Å²) in [4.78, 5) is 2.92. The summed E-state index contributed by atoms with van der Waals surface area (Å²) < 4.78 is 29.3. The number of aromatic amines is 1. The Bertz CT molecular complexity index is 913. The molecule has 8 heteroatoms. The number of benzene rings is 2. The summed E-state index contributed by atoms with van der Waals surface area (Å²) in [5.74, 6) is -1.07. The van der Waals surface area contributed by atoms with Gasteiger partial charge in [0.1, 0.15) is 11.6 Å². The minimum atomic E-state index is -0.582. The SMILES string of the molecule is Fc1cc(Cl)c(-n2c(=S)[nH]c3cc(Cl)c(F)cc32)c(Br)c1. The number of hydrogen-bond donors (Lipinski definition) is 1. The summed E-state index contributed by atoms with van der Waals surface area (Å²) >= 11 is 20.3. The lowest BCUT2D eigenvalue weighted by molar-refractivity contribution is 0.626. The second-order valence-corrected chi connectivity index (χ2v) is 6.32. The highest BCUT2D eigenvalue weighted by atomic mass is 79.9. The predicted molar refractivity (Wildman–Crippen MR) is 86.1 cm³/mol. The van der Waals surface area contributed by atoms with Crippen LogP contribution in [0.5, 0.6) is 0 Å². The van der Waals surface area contributed by atoms with Crippen molar-refractivity contribution >= 4 is 62.4 Å². The molecule has 0 unspecified atom stereocenters. The fourth-order valence-corrected chi connectivity index (χ4v) is 3.55. The summed E-state index contributed by atoms with van der Waals surface area (Å²) in [5.41, 5.74) is 1.44. The molecule has 1 N–H and O–H groups in total. The van der Waals surface area contributed by atoms with E-state index in [0.29, 0.717) is 26.0 Å². The number of nitrogens with one attached hydrogen (secondary N) is 1. The molecule has 3 aromatic rings. The lowest BCUT2D eigenvalue weighted by atomic mass is 10.2. The van der Waals surface area contributed by atoms with E-state index in [1.54, 1.807) is 0 Å². The highest BCUT2D eigenvalue weighted by molar-refractivity contribution is 9.10. The summed E-state index contributed by atoms with van der Waals surface area (Å²) in [6, 6.07) is 5.10. The first-order chi connectivity index (χ1) is 9.88. The normalized spacial score (nSPS) is 11.3. The average Bonchev–Trinajstić information content (AvgIpc) is 2.66. The van der Waals surface area contributed by atoms with Gasteiger partial charge in [-0.2, -0.15) is 0 Å². The molecular weight excluding hydrogens is 405 g/mol. The molecule has 21 heavy (non-hydrogen) atoms. The second-order valence-electron chi connectivity index (χ2n) is 4.27. The van der Waals surface area contributed by atoms with E-state index in [-0.39, 0.29) is 10.0 Å². The Morgan fingerprint density at radius 2 is 1.81 bits per heavy atom. The fraction of sp³-hybridized carbons (Fsp3) is 0. The molecule has 3 rings (SSSR count). The minimum absolute atomic E-state index is 0.0184. The van der Waals surface area contributed by atoms with E-state index in [1.165, 1.54) is 22.8 Å². The van der Waals surface area contributed by atoms with Gasteiger partial charge in [-0.25, -0.2) is 8.78 Å². The maximum atomic E-state index is 13.7. The van der Waals surface area contributed by atoms with Crippen molar-refractivity contribution in [2.75, 3.05) is 0 Å². The molecule has 0 aliphatic heterocycles. The molecule has 108 valence electrons. The Kier molecular flexibility index (Phi) is 3.81. The molecule has 1 heterocycles. The third-order valence-corrected chi connectivity index (χ3v) is 4.40. The largest absolute Gasteiger partial charge is 0.330 e. The number of halogens is 5. The van der Waals surface area contributed by atoms with Crippen LogP contribution in [0.3, 0.4) is 0 Å². The molecule has 2 nitrogen and oxygen atoms in total. The van der Waals surface area contributed by atoms with Crippen LogP contribution in [0.1, 0.15) is 0 Å². The summed E-state index contributed by atoms with van der Waals surface area (Å²) in [7, 11) is 0. The van der Waals surface area contributed by atoms with E-state index in [9.17, 15) is 8.78 Å². The van der Waals surface area contributed by atoms with Crippen LogP contribution in [0, 0.1) is 16.4 Å². The van der Waals surface area contributed by atoms with Gasteiger partial charge in [0.15, 0.2) is 4.77 Å². The third kappa shape index (κ3) is 2.50. The molecule has 1 aromatic heterocycles. The zero-order valence-electron chi connectivity index (χ0n) is 10.1. The third-order valence-electron chi connectivity index (χ3n) is 2.93. The molecule has 0 saturated heterocycles. The molecule has 0 radical (unpaired) electrons. The molecule has 0 saturated carbocycles. The van der Waals surface area contributed by atoms with Crippen LogP contribution in [0.25, 0.3) is 16.7 Å². The standard InChI is InChI=1S/C13H5BrCl2F2N2S/c14-6-1-5(17)2-8(16)12(6)20-11-4-9(18)7(15)3-10(11)19-13(20)21/h1-4H,(H,19,21). The van der Waals surface area contributed by atoms with Crippen LogP contribution < -0.4 is 0 Å². The van der Waals surface area contributed by atoms with Crippen LogP contribution in [-0.4, -0.2) is 9.55 Å². The van der Waals surface area contributed by atoms with E-state index < -0.39 is 11.6 Å². The van der Waals surface area contributed by atoms with E-state index in [2.05, 4.69) is 20.9 Å². The fourth-order valence-electron chi connectivity index (χ4n) is 2.07. The molecule has 0 aliphatic rings. The minimum Gasteiger partial charge on any atom is -0.330 e. The van der Waals surface area contributed by atoms with Crippen molar-refractivity contribution < 1.29 is 8.78 Å².